The van der Waals surface area contributed by atoms with Gasteiger partial charge in [0.05, 0.1) is 0 Å². The highest BCUT2D eigenvalue weighted by Crippen LogP contribution is 2.27. The number of halogens is 3. The average molecular weight is 398 g/mol. The van der Waals surface area contributed by atoms with Gasteiger partial charge in [-0.25, -0.2) is 4.98 Å². The number of rotatable bonds is 4. The number of hydrogen-bond acceptors (Lipinski definition) is 3. The zero-order valence-electron chi connectivity index (χ0n) is 12.2. The van der Waals surface area contributed by atoms with E-state index in [1.807, 2.05) is 6.07 Å². The summed E-state index contributed by atoms with van der Waals surface area (Å²) in [5.74, 6) is -0.251. The topological polar surface area (TPSA) is 42.0 Å². The number of nitrogens with zero attached hydrogens (tertiary/aromatic N) is 1. The minimum absolute atomic E-state index is 0.251. The van der Waals surface area contributed by atoms with Crippen molar-refractivity contribution in [2.24, 2.45) is 0 Å². The minimum Gasteiger partial charge on any atom is -0.298 e. The lowest BCUT2D eigenvalue weighted by Crippen LogP contribution is -2.11. The van der Waals surface area contributed by atoms with Gasteiger partial charge in [0, 0.05) is 38.1 Å². The fraction of sp³-hybridized carbons (Fsp3) is 0.0588. The van der Waals surface area contributed by atoms with E-state index in [2.05, 4.69) is 10.3 Å². The van der Waals surface area contributed by atoms with Crippen molar-refractivity contribution in [3.63, 3.8) is 0 Å². The van der Waals surface area contributed by atoms with Crippen LogP contribution in [-0.4, -0.2) is 10.9 Å². The van der Waals surface area contributed by atoms with Gasteiger partial charge in [0.1, 0.15) is 0 Å². The summed E-state index contributed by atoms with van der Waals surface area (Å²) < 4.78 is 0. The Hall–Kier alpha value is -1.59. The molecule has 0 unspecified atom stereocenters. The van der Waals surface area contributed by atoms with E-state index in [1.54, 1.807) is 42.6 Å². The van der Waals surface area contributed by atoms with Crippen molar-refractivity contribution < 1.29 is 4.79 Å². The molecule has 0 aliphatic carbocycles. The van der Waals surface area contributed by atoms with E-state index in [9.17, 15) is 4.79 Å². The van der Waals surface area contributed by atoms with Crippen molar-refractivity contribution in [1.29, 1.82) is 0 Å². The van der Waals surface area contributed by atoms with Crippen molar-refractivity contribution in [3.8, 4) is 0 Å². The maximum absolute atomic E-state index is 12.2. The monoisotopic (exact) mass is 396 g/mol. The van der Waals surface area contributed by atoms with Crippen molar-refractivity contribution in [2.45, 2.75) is 6.42 Å². The van der Waals surface area contributed by atoms with E-state index in [-0.39, 0.29) is 5.91 Å². The van der Waals surface area contributed by atoms with Crippen LogP contribution in [0.2, 0.25) is 15.1 Å². The number of thiazole rings is 1. The smallest absolute Gasteiger partial charge is 0.257 e. The number of benzene rings is 2. The van der Waals surface area contributed by atoms with Gasteiger partial charge < -0.3 is 0 Å². The Bertz CT molecular complexity index is 895. The third-order valence-electron chi connectivity index (χ3n) is 3.23. The normalized spacial score (nSPS) is 10.6. The van der Waals surface area contributed by atoms with Gasteiger partial charge in [-0.3, -0.25) is 10.1 Å². The van der Waals surface area contributed by atoms with Gasteiger partial charge >= 0.3 is 0 Å². The number of anilines is 1. The first-order valence-corrected chi connectivity index (χ1v) is 8.92. The summed E-state index contributed by atoms with van der Waals surface area (Å²) in [6, 6.07) is 12.1. The van der Waals surface area contributed by atoms with E-state index < -0.39 is 0 Å². The van der Waals surface area contributed by atoms with Crippen LogP contribution in [0.25, 0.3) is 0 Å². The second kappa shape index (κ2) is 7.53. The van der Waals surface area contributed by atoms with Crippen molar-refractivity contribution in [3.05, 3.63) is 79.7 Å². The van der Waals surface area contributed by atoms with Crippen LogP contribution in [-0.2, 0) is 6.42 Å². The van der Waals surface area contributed by atoms with Crippen LogP contribution in [0.15, 0.2) is 48.7 Å². The number of hydrogen-bond donors (Lipinski definition) is 1. The average Bonchev–Trinajstić information content (AvgIpc) is 2.98. The van der Waals surface area contributed by atoms with Crippen molar-refractivity contribution in [2.75, 3.05) is 5.32 Å². The molecule has 0 atom stereocenters. The van der Waals surface area contributed by atoms with Crippen LogP contribution in [0.4, 0.5) is 5.13 Å². The SMILES string of the molecule is O=C(Nc1ncc(Cc2cc(Cl)ccc2Cl)s1)c1cccc(Cl)c1. The highest BCUT2D eigenvalue weighted by atomic mass is 35.5. The molecule has 0 aliphatic rings. The molecule has 0 saturated heterocycles. The lowest BCUT2D eigenvalue weighted by Gasteiger charge is -2.03. The number of carbonyl (C=O) groups is 1. The lowest BCUT2D eigenvalue weighted by atomic mass is 10.1. The highest BCUT2D eigenvalue weighted by Gasteiger charge is 2.11. The Morgan fingerprint density at radius 1 is 1.08 bits per heavy atom. The number of amides is 1. The van der Waals surface area contributed by atoms with Gasteiger partial charge in [0.15, 0.2) is 5.13 Å². The Kier molecular flexibility index (Phi) is 5.41. The van der Waals surface area contributed by atoms with Gasteiger partial charge in [0.2, 0.25) is 0 Å². The van der Waals surface area contributed by atoms with Crippen molar-refractivity contribution in [1.82, 2.24) is 4.98 Å². The molecule has 24 heavy (non-hydrogen) atoms. The fourth-order valence-corrected chi connectivity index (χ4v) is 3.51. The predicted octanol–water partition coefficient (Wildman–Crippen LogP) is 5.95. The number of aromatic nitrogens is 1. The Labute approximate surface area is 158 Å². The summed E-state index contributed by atoms with van der Waals surface area (Å²) >= 11 is 19.5. The number of nitrogens with one attached hydrogen (secondary N) is 1. The van der Waals surface area contributed by atoms with Gasteiger partial charge in [-0.05, 0) is 42.0 Å². The Morgan fingerprint density at radius 3 is 2.67 bits per heavy atom. The minimum atomic E-state index is -0.251. The van der Waals surface area contributed by atoms with E-state index in [0.717, 1.165) is 10.4 Å². The summed E-state index contributed by atoms with van der Waals surface area (Å²) in [4.78, 5) is 17.4. The van der Waals surface area contributed by atoms with Crippen LogP contribution >= 0.6 is 46.1 Å². The van der Waals surface area contributed by atoms with Gasteiger partial charge in [0.25, 0.3) is 5.91 Å². The predicted molar refractivity (Wildman–Crippen MR) is 101 cm³/mol. The molecule has 1 heterocycles. The summed E-state index contributed by atoms with van der Waals surface area (Å²) in [5, 5.41) is 5.08. The maximum Gasteiger partial charge on any atom is 0.257 e. The number of carbonyl (C=O) groups excluding carboxylic acids is 1. The zero-order chi connectivity index (χ0) is 17.1. The molecular weight excluding hydrogens is 387 g/mol. The first kappa shape index (κ1) is 17.2. The van der Waals surface area contributed by atoms with Crippen molar-refractivity contribution >= 4 is 57.2 Å². The molecule has 3 aromatic rings. The van der Waals surface area contributed by atoms with Gasteiger partial charge in [-0.1, -0.05) is 40.9 Å². The second-order valence-corrected chi connectivity index (χ2v) is 7.40. The fourth-order valence-electron chi connectivity index (χ4n) is 2.11. The Morgan fingerprint density at radius 2 is 1.88 bits per heavy atom. The van der Waals surface area contributed by atoms with Crippen LogP contribution in [0.1, 0.15) is 20.8 Å². The molecule has 0 bridgehead atoms. The third kappa shape index (κ3) is 4.28. The van der Waals surface area contributed by atoms with Gasteiger partial charge in [-0.2, -0.15) is 0 Å². The summed E-state index contributed by atoms with van der Waals surface area (Å²) in [6.45, 7) is 0. The van der Waals surface area contributed by atoms with Crippen LogP contribution in [0, 0.1) is 0 Å². The van der Waals surface area contributed by atoms with E-state index in [4.69, 9.17) is 34.8 Å². The van der Waals surface area contributed by atoms with Crippen LogP contribution in [0.3, 0.4) is 0 Å². The first-order valence-electron chi connectivity index (χ1n) is 6.97. The molecule has 3 nitrogen and oxygen atoms in total. The quantitative estimate of drug-likeness (QED) is 0.591. The molecule has 0 radical (unpaired) electrons. The molecule has 0 spiro atoms. The zero-order valence-corrected chi connectivity index (χ0v) is 15.3. The molecule has 7 heteroatoms. The molecule has 2 aromatic carbocycles. The standard InChI is InChI=1S/C17H11Cl3N2OS/c18-12-3-1-2-10(6-12)16(23)22-17-21-9-14(24-17)8-11-7-13(19)4-5-15(11)20/h1-7,9H,8H2,(H,21,22,23). The maximum atomic E-state index is 12.2. The highest BCUT2D eigenvalue weighted by molar-refractivity contribution is 7.15. The van der Waals surface area contributed by atoms with Crippen LogP contribution in [0.5, 0.6) is 0 Å². The second-order valence-electron chi connectivity index (χ2n) is 5.01. The molecule has 0 aliphatic heterocycles. The third-order valence-corrected chi connectivity index (χ3v) is 4.98. The molecule has 3 rings (SSSR count). The largest absolute Gasteiger partial charge is 0.298 e. The molecule has 1 amide bonds. The molecule has 1 aromatic heterocycles. The van der Waals surface area contributed by atoms with E-state index in [0.29, 0.717) is 32.2 Å². The lowest BCUT2D eigenvalue weighted by molar-refractivity contribution is 0.102. The summed E-state index contributed by atoms with van der Waals surface area (Å²) in [7, 11) is 0. The molecule has 1 N–H and O–H groups in total. The molecule has 122 valence electrons. The molecule has 0 fully saturated rings. The first-order chi connectivity index (χ1) is 11.5. The van der Waals surface area contributed by atoms with Crippen LogP contribution < -0.4 is 5.32 Å². The van der Waals surface area contributed by atoms with E-state index in [1.165, 1.54) is 11.3 Å². The Balaban J connectivity index is 1.71. The van der Waals surface area contributed by atoms with E-state index >= 15 is 0 Å². The summed E-state index contributed by atoms with van der Waals surface area (Å²) in [5.41, 5.74) is 1.40. The molecular formula is C17H11Cl3N2OS. The molecule has 0 saturated carbocycles. The summed E-state index contributed by atoms with van der Waals surface area (Å²) in [6.07, 6.45) is 2.32. The van der Waals surface area contributed by atoms with Gasteiger partial charge in [-0.15, -0.1) is 11.3 Å².